The number of methoxy groups -OCH3 is 1. The number of H-pyrrole nitrogens is 1. The summed E-state index contributed by atoms with van der Waals surface area (Å²) in [6, 6.07) is 7.18. The Bertz CT molecular complexity index is 1000. The maximum absolute atomic E-state index is 11.6. The van der Waals surface area contributed by atoms with Crippen molar-refractivity contribution >= 4 is 30.0 Å². The number of aryl methyl sites for hydroxylation is 2. The van der Waals surface area contributed by atoms with E-state index in [4.69, 9.17) is 9.26 Å². The molecule has 0 aliphatic heterocycles. The fourth-order valence-electron chi connectivity index (χ4n) is 3.17. The lowest BCUT2D eigenvalue weighted by Crippen LogP contribution is -2.00. The van der Waals surface area contributed by atoms with E-state index in [1.807, 2.05) is 45.2 Å². The van der Waals surface area contributed by atoms with E-state index in [1.165, 1.54) is 7.11 Å². The quantitative estimate of drug-likeness (QED) is 0.513. The molecule has 27 heavy (non-hydrogen) atoms. The zero-order valence-corrected chi connectivity index (χ0v) is 15.8. The highest BCUT2D eigenvalue weighted by Crippen LogP contribution is 2.36. The van der Waals surface area contributed by atoms with Crippen LogP contribution < -0.4 is 0 Å². The van der Waals surface area contributed by atoms with Crippen LogP contribution in [-0.2, 0) is 4.74 Å². The number of esters is 1. The molecule has 1 aromatic carbocycles. The molecule has 0 saturated heterocycles. The number of aromatic nitrogens is 2. The number of aromatic amines is 1. The van der Waals surface area contributed by atoms with Crippen LogP contribution in [0.2, 0.25) is 0 Å². The highest BCUT2D eigenvalue weighted by atomic mass is 16.5. The van der Waals surface area contributed by atoms with Gasteiger partial charge in [0, 0.05) is 17.3 Å². The molecule has 0 fully saturated rings. The summed E-state index contributed by atoms with van der Waals surface area (Å²) in [6.45, 7) is 9.52. The summed E-state index contributed by atoms with van der Waals surface area (Å²) in [7, 11) is 1.36. The van der Waals surface area contributed by atoms with Gasteiger partial charge in [-0.15, -0.1) is 0 Å². The SMILES string of the molecule is C=Nc1c(-c2ccc(C(=O)OC)cc2)c[nH]c1/C=C(\C)c1c(C)noc1C. The molecule has 0 radical (unpaired) electrons. The Labute approximate surface area is 157 Å². The molecule has 0 aliphatic rings. The molecule has 0 unspecified atom stereocenters. The summed E-state index contributed by atoms with van der Waals surface area (Å²) in [4.78, 5) is 19.1. The van der Waals surface area contributed by atoms with Gasteiger partial charge in [-0.25, -0.2) is 4.79 Å². The normalized spacial score (nSPS) is 11.5. The molecule has 1 N–H and O–H groups in total. The van der Waals surface area contributed by atoms with Gasteiger partial charge in [-0.2, -0.15) is 0 Å². The maximum atomic E-state index is 11.6. The van der Waals surface area contributed by atoms with Gasteiger partial charge < -0.3 is 14.2 Å². The molecule has 0 amide bonds. The van der Waals surface area contributed by atoms with Crippen molar-refractivity contribution < 1.29 is 14.1 Å². The van der Waals surface area contributed by atoms with E-state index in [0.29, 0.717) is 5.56 Å². The number of hydrogen-bond acceptors (Lipinski definition) is 5. The van der Waals surface area contributed by atoms with Crippen LogP contribution in [0.4, 0.5) is 5.69 Å². The molecule has 0 bridgehead atoms. The van der Waals surface area contributed by atoms with Crippen molar-refractivity contribution in [2.45, 2.75) is 20.8 Å². The monoisotopic (exact) mass is 363 g/mol. The van der Waals surface area contributed by atoms with Crippen molar-refractivity contribution in [3.63, 3.8) is 0 Å². The first-order valence-corrected chi connectivity index (χ1v) is 8.44. The maximum Gasteiger partial charge on any atom is 0.337 e. The van der Waals surface area contributed by atoms with E-state index in [9.17, 15) is 4.79 Å². The van der Waals surface area contributed by atoms with E-state index in [0.717, 1.165) is 45.1 Å². The van der Waals surface area contributed by atoms with E-state index < -0.39 is 0 Å². The van der Waals surface area contributed by atoms with Gasteiger partial charge in [-0.1, -0.05) is 17.3 Å². The number of aliphatic imine (C=N–C) groups is 1. The minimum Gasteiger partial charge on any atom is -0.465 e. The summed E-state index contributed by atoms with van der Waals surface area (Å²) in [5.41, 5.74) is 6.77. The molecule has 0 spiro atoms. The van der Waals surface area contributed by atoms with E-state index >= 15 is 0 Å². The molecule has 0 aliphatic carbocycles. The van der Waals surface area contributed by atoms with Crippen molar-refractivity contribution in [2.24, 2.45) is 4.99 Å². The molecule has 0 atom stereocenters. The number of carbonyl (C=O) groups excluding carboxylic acids is 1. The Morgan fingerprint density at radius 2 is 2.00 bits per heavy atom. The first kappa shape index (κ1) is 18.4. The number of benzene rings is 1. The largest absolute Gasteiger partial charge is 0.465 e. The molecule has 2 heterocycles. The predicted octanol–water partition coefficient (Wildman–Crippen LogP) is 4.97. The van der Waals surface area contributed by atoms with Crippen LogP contribution in [0.1, 0.15) is 40.0 Å². The Hall–Kier alpha value is -3.41. The van der Waals surface area contributed by atoms with Gasteiger partial charge in [0.05, 0.1) is 29.7 Å². The van der Waals surface area contributed by atoms with Crippen LogP contribution in [0.5, 0.6) is 0 Å². The number of hydrogen-bond donors (Lipinski definition) is 1. The molecular weight excluding hydrogens is 342 g/mol. The number of rotatable bonds is 5. The van der Waals surface area contributed by atoms with Gasteiger partial charge >= 0.3 is 5.97 Å². The Morgan fingerprint density at radius 1 is 1.30 bits per heavy atom. The second kappa shape index (κ2) is 7.45. The van der Waals surface area contributed by atoms with E-state index in [2.05, 4.69) is 21.9 Å². The number of allylic oxidation sites excluding steroid dienone is 1. The zero-order chi connectivity index (χ0) is 19.6. The Morgan fingerprint density at radius 3 is 2.56 bits per heavy atom. The average Bonchev–Trinajstić information content (AvgIpc) is 3.23. The lowest BCUT2D eigenvalue weighted by atomic mass is 10.0. The molecule has 6 nitrogen and oxygen atoms in total. The van der Waals surface area contributed by atoms with Crippen LogP contribution in [0.15, 0.2) is 40.0 Å². The molecule has 2 aromatic heterocycles. The number of carbonyl (C=O) groups is 1. The summed E-state index contributed by atoms with van der Waals surface area (Å²) in [5, 5.41) is 4.00. The highest BCUT2D eigenvalue weighted by Gasteiger charge is 2.15. The molecule has 0 saturated carbocycles. The van der Waals surface area contributed by atoms with Crippen molar-refractivity contribution in [1.29, 1.82) is 0 Å². The molecule has 138 valence electrons. The van der Waals surface area contributed by atoms with E-state index in [1.54, 1.807) is 12.1 Å². The van der Waals surface area contributed by atoms with Gasteiger partial charge in [-0.05, 0) is 56.8 Å². The van der Waals surface area contributed by atoms with Gasteiger partial charge in [-0.3, -0.25) is 4.99 Å². The minimum atomic E-state index is -0.364. The third kappa shape index (κ3) is 3.46. The first-order chi connectivity index (χ1) is 13.0. The topological polar surface area (TPSA) is 80.5 Å². The third-order valence-corrected chi connectivity index (χ3v) is 4.45. The van der Waals surface area contributed by atoms with Crippen molar-refractivity contribution in [3.8, 4) is 11.1 Å². The zero-order valence-electron chi connectivity index (χ0n) is 15.8. The van der Waals surface area contributed by atoms with Crippen molar-refractivity contribution in [1.82, 2.24) is 10.1 Å². The van der Waals surface area contributed by atoms with Gasteiger partial charge in [0.1, 0.15) is 5.76 Å². The van der Waals surface area contributed by atoms with Crippen LogP contribution in [0.25, 0.3) is 22.8 Å². The lowest BCUT2D eigenvalue weighted by Gasteiger charge is -2.04. The number of nitrogens with zero attached hydrogens (tertiary/aromatic N) is 2. The van der Waals surface area contributed by atoms with Crippen LogP contribution in [0.3, 0.4) is 0 Å². The fourth-order valence-corrected chi connectivity index (χ4v) is 3.17. The smallest absolute Gasteiger partial charge is 0.337 e. The van der Waals surface area contributed by atoms with E-state index in [-0.39, 0.29) is 5.97 Å². The summed E-state index contributed by atoms with van der Waals surface area (Å²) < 4.78 is 9.99. The first-order valence-electron chi connectivity index (χ1n) is 8.44. The second-order valence-electron chi connectivity index (χ2n) is 6.22. The Kier molecular flexibility index (Phi) is 5.07. The summed E-state index contributed by atoms with van der Waals surface area (Å²) in [5.74, 6) is 0.413. The second-order valence-corrected chi connectivity index (χ2v) is 6.22. The average molecular weight is 363 g/mol. The minimum absolute atomic E-state index is 0.364. The lowest BCUT2D eigenvalue weighted by molar-refractivity contribution is 0.0601. The molecular formula is C21H21N3O3. The van der Waals surface area contributed by atoms with Crippen LogP contribution in [0, 0.1) is 13.8 Å². The Balaban J connectivity index is 1.99. The third-order valence-electron chi connectivity index (χ3n) is 4.45. The van der Waals surface area contributed by atoms with Gasteiger partial charge in [0.25, 0.3) is 0 Å². The predicted molar refractivity (Wildman–Crippen MR) is 106 cm³/mol. The summed E-state index contributed by atoms with van der Waals surface area (Å²) in [6.07, 6.45) is 3.88. The molecule has 3 rings (SSSR count). The number of nitrogens with one attached hydrogen (secondary N) is 1. The summed E-state index contributed by atoms with van der Waals surface area (Å²) >= 11 is 0. The standard InChI is InChI=1S/C21H21N3O3/c1-12(19-13(2)24-27-14(19)3)10-18-20(22-4)17(11-23-18)15-6-8-16(9-7-15)21(25)26-5/h6-11,23H,4H2,1-3,5H3/b12-10+. The van der Waals surface area contributed by atoms with Crippen LogP contribution in [-0.4, -0.2) is 29.9 Å². The fraction of sp³-hybridized carbons (Fsp3) is 0.190. The molecule has 3 aromatic rings. The van der Waals surface area contributed by atoms with Gasteiger partial charge in [0.2, 0.25) is 0 Å². The molecule has 6 heteroatoms. The number of ether oxygens (including phenoxy) is 1. The van der Waals surface area contributed by atoms with Crippen molar-refractivity contribution in [3.05, 3.63) is 58.7 Å². The van der Waals surface area contributed by atoms with Crippen molar-refractivity contribution in [2.75, 3.05) is 7.11 Å². The highest BCUT2D eigenvalue weighted by molar-refractivity contribution is 5.92. The van der Waals surface area contributed by atoms with Crippen LogP contribution >= 0.6 is 0 Å². The van der Waals surface area contributed by atoms with Gasteiger partial charge in [0.15, 0.2) is 0 Å².